The topological polar surface area (TPSA) is 76.0 Å². The van der Waals surface area contributed by atoms with Gasteiger partial charge in [-0.3, -0.25) is 14.3 Å². The van der Waals surface area contributed by atoms with E-state index in [0.29, 0.717) is 12.8 Å². The van der Waals surface area contributed by atoms with Crippen molar-refractivity contribution in [3.8, 4) is 0 Å². The van der Waals surface area contributed by atoms with Crippen molar-refractivity contribution in [2.24, 2.45) is 0 Å². The van der Waals surface area contributed by atoms with Crippen LogP contribution in [0.4, 0.5) is 5.69 Å². The highest BCUT2D eigenvalue weighted by Gasteiger charge is 2.28. The second kappa shape index (κ2) is 5.42. The lowest BCUT2D eigenvalue weighted by Crippen LogP contribution is -2.37. The number of nitrogens with one attached hydrogen (secondary N) is 2. The molecule has 2 amide bonds. The van der Waals surface area contributed by atoms with Gasteiger partial charge in [-0.15, -0.1) is 0 Å². The number of hydrogen-bond donors (Lipinski definition) is 2. The molecule has 1 aliphatic rings. The molecule has 19 heavy (non-hydrogen) atoms. The number of carbonyl (C=O) groups excluding carboxylic acids is 2. The molecule has 6 heteroatoms. The number of carbonyl (C=O) groups is 2. The third kappa shape index (κ3) is 2.77. The van der Waals surface area contributed by atoms with Crippen LogP contribution in [0.5, 0.6) is 0 Å². The second-order valence-corrected chi connectivity index (χ2v) is 4.92. The van der Waals surface area contributed by atoms with Crippen LogP contribution in [0.25, 0.3) is 0 Å². The summed E-state index contributed by atoms with van der Waals surface area (Å²) in [5, 5.41) is 9.96. The van der Waals surface area contributed by atoms with Crippen molar-refractivity contribution in [2.45, 2.75) is 52.6 Å². The van der Waals surface area contributed by atoms with Gasteiger partial charge in [-0.2, -0.15) is 5.10 Å². The van der Waals surface area contributed by atoms with E-state index in [0.717, 1.165) is 30.0 Å². The first-order valence-corrected chi connectivity index (χ1v) is 6.67. The molecule has 1 atom stereocenters. The Hall–Kier alpha value is -1.85. The van der Waals surface area contributed by atoms with E-state index in [1.807, 2.05) is 18.5 Å². The van der Waals surface area contributed by atoms with Gasteiger partial charge >= 0.3 is 0 Å². The molecule has 0 spiro atoms. The Morgan fingerprint density at radius 3 is 2.84 bits per heavy atom. The average Bonchev–Trinajstić information content (AvgIpc) is 2.90. The summed E-state index contributed by atoms with van der Waals surface area (Å²) in [5.41, 5.74) is 2.53. The number of aromatic nitrogens is 2. The SMILES string of the molecule is CCCn1nc(C)c(NC(=O)C2CCC(=O)N2)c1C. The monoisotopic (exact) mass is 264 g/mol. The van der Waals surface area contributed by atoms with Crippen LogP contribution in [0.15, 0.2) is 0 Å². The molecule has 2 rings (SSSR count). The normalized spacial score (nSPS) is 18.5. The van der Waals surface area contributed by atoms with Gasteiger partial charge in [-0.25, -0.2) is 0 Å². The van der Waals surface area contributed by atoms with Gasteiger partial charge in [0.25, 0.3) is 0 Å². The molecule has 2 N–H and O–H groups in total. The first-order chi connectivity index (χ1) is 9.02. The second-order valence-electron chi connectivity index (χ2n) is 4.92. The van der Waals surface area contributed by atoms with Gasteiger partial charge in [0.15, 0.2) is 0 Å². The molecular formula is C13H20N4O2. The van der Waals surface area contributed by atoms with Crippen LogP contribution in [0.2, 0.25) is 0 Å². The molecule has 1 unspecified atom stereocenters. The largest absolute Gasteiger partial charge is 0.344 e. The summed E-state index contributed by atoms with van der Waals surface area (Å²) in [6, 6.07) is -0.416. The van der Waals surface area contributed by atoms with Gasteiger partial charge in [0.1, 0.15) is 6.04 Å². The molecule has 1 aliphatic heterocycles. The Morgan fingerprint density at radius 1 is 1.53 bits per heavy atom. The summed E-state index contributed by atoms with van der Waals surface area (Å²) < 4.78 is 1.90. The van der Waals surface area contributed by atoms with Gasteiger partial charge in [0, 0.05) is 13.0 Å². The van der Waals surface area contributed by atoms with Crippen LogP contribution in [-0.4, -0.2) is 27.6 Å². The zero-order valence-electron chi connectivity index (χ0n) is 11.6. The maximum atomic E-state index is 12.1. The maximum Gasteiger partial charge on any atom is 0.247 e. The van der Waals surface area contributed by atoms with E-state index in [1.54, 1.807) is 0 Å². The van der Waals surface area contributed by atoms with Crippen LogP contribution >= 0.6 is 0 Å². The zero-order chi connectivity index (χ0) is 14.0. The smallest absolute Gasteiger partial charge is 0.247 e. The lowest BCUT2D eigenvalue weighted by Gasteiger charge is -2.11. The number of rotatable bonds is 4. The van der Waals surface area contributed by atoms with E-state index < -0.39 is 6.04 Å². The van der Waals surface area contributed by atoms with Crippen LogP contribution in [-0.2, 0) is 16.1 Å². The van der Waals surface area contributed by atoms with Crippen molar-refractivity contribution in [3.05, 3.63) is 11.4 Å². The van der Waals surface area contributed by atoms with Gasteiger partial charge in [0.05, 0.1) is 17.1 Å². The highest BCUT2D eigenvalue weighted by Crippen LogP contribution is 2.20. The number of nitrogens with zero attached hydrogens (tertiary/aromatic N) is 2. The van der Waals surface area contributed by atoms with Crippen LogP contribution in [0.3, 0.4) is 0 Å². The van der Waals surface area contributed by atoms with E-state index in [1.165, 1.54) is 0 Å². The zero-order valence-corrected chi connectivity index (χ0v) is 11.6. The fourth-order valence-corrected chi connectivity index (χ4v) is 2.33. The Labute approximate surface area is 112 Å². The summed E-state index contributed by atoms with van der Waals surface area (Å²) in [4.78, 5) is 23.2. The van der Waals surface area contributed by atoms with Gasteiger partial charge in [-0.05, 0) is 26.7 Å². The van der Waals surface area contributed by atoms with Gasteiger partial charge in [0.2, 0.25) is 11.8 Å². The molecular weight excluding hydrogens is 244 g/mol. The maximum absolute atomic E-state index is 12.1. The fraction of sp³-hybridized carbons (Fsp3) is 0.615. The van der Waals surface area contributed by atoms with Crippen molar-refractivity contribution in [1.82, 2.24) is 15.1 Å². The minimum atomic E-state index is -0.416. The molecule has 2 heterocycles. The Bertz CT molecular complexity index is 507. The lowest BCUT2D eigenvalue weighted by molar-refractivity contribution is -0.122. The fourth-order valence-electron chi connectivity index (χ4n) is 2.33. The van der Waals surface area contributed by atoms with Gasteiger partial charge < -0.3 is 10.6 Å². The molecule has 1 saturated heterocycles. The summed E-state index contributed by atoms with van der Waals surface area (Å²) in [6.45, 7) is 6.74. The van der Waals surface area contributed by atoms with Crippen molar-refractivity contribution >= 4 is 17.5 Å². The highest BCUT2D eigenvalue weighted by atomic mass is 16.2. The Balaban J connectivity index is 2.10. The van der Waals surface area contributed by atoms with E-state index >= 15 is 0 Å². The summed E-state index contributed by atoms with van der Waals surface area (Å²) in [5.74, 6) is -0.219. The first-order valence-electron chi connectivity index (χ1n) is 6.67. The molecule has 0 saturated carbocycles. The molecule has 1 aromatic heterocycles. The quantitative estimate of drug-likeness (QED) is 0.855. The van der Waals surface area contributed by atoms with E-state index in [4.69, 9.17) is 0 Å². The average molecular weight is 264 g/mol. The molecule has 0 bridgehead atoms. The minimum Gasteiger partial charge on any atom is -0.344 e. The number of hydrogen-bond acceptors (Lipinski definition) is 3. The standard InChI is InChI=1S/C13H20N4O2/c1-4-7-17-9(3)12(8(2)16-17)15-13(19)10-5-6-11(18)14-10/h10H,4-7H2,1-3H3,(H,14,18)(H,15,19). The number of anilines is 1. The summed E-state index contributed by atoms with van der Waals surface area (Å²) in [6.07, 6.45) is 1.98. The minimum absolute atomic E-state index is 0.0599. The molecule has 0 aromatic carbocycles. The van der Waals surface area contributed by atoms with Gasteiger partial charge in [-0.1, -0.05) is 6.92 Å². The molecule has 0 aliphatic carbocycles. The third-order valence-electron chi connectivity index (χ3n) is 3.38. The molecule has 0 radical (unpaired) electrons. The number of amides is 2. The molecule has 6 nitrogen and oxygen atoms in total. The molecule has 1 fully saturated rings. The summed E-state index contributed by atoms with van der Waals surface area (Å²) >= 11 is 0. The van der Waals surface area contributed by atoms with E-state index in [-0.39, 0.29) is 11.8 Å². The first kappa shape index (κ1) is 13.6. The number of aryl methyl sites for hydroxylation is 2. The summed E-state index contributed by atoms with van der Waals surface area (Å²) in [7, 11) is 0. The van der Waals surface area contributed by atoms with E-state index in [2.05, 4.69) is 22.7 Å². The van der Waals surface area contributed by atoms with Crippen molar-refractivity contribution in [3.63, 3.8) is 0 Å². The highest BCUT2D eigenvalue weighted by molar-refractivity contribution is 5.99. The molecule has 104 valence electrons. The third-order valence-corrected chi connectivity index (χ3v) is 3.38. The van der Waals surface area contributed by atoms with Crippen LogP contribution in [0.1, 0.15) is 37.6 Å². The van der Waals surface area contributed by atoms with Crippen molar-refractivity contribution < 1.29 is 9.59 Å². The van der Waals surface area contributed by atoms with Crippen molar-refractivity contribution in [1.29, 1.82) is 0 Å². The van der Waals surface area contributed by atoms with E-state index in [9.17, 15) is 9.59 Å². The predicted octanol–water partition coefficient (Wildman–Crippen LogP) is 1.13. The van der Waals surface area contributed by atoms with Crippen LogP contribution < -0.4 is 10.6 Å². The predicted molar refractivity (Wildman–Crippen MR) is 71.8 cm³/mol. The van der Waals surface area contributed by atoms with Crippen molar-refractivity contribution in [2.75, 3.05) is 5.32 Å². The molecule has 1 aromatic rings. The van der Waals surface area contributed by atoms with Crippen LogP contribution in [0, 0.1) is 13.8 Å². The lowest BCUT2D eigenvalue weighted by atomic mass is 10.2. The Kier molecular flexibility index (Phi) is 3.87. The Morgan fingerprint density at radius 2 is 2.26 bits per heavy atom.